The molecule has 132 valence electrons. The second-order valence-corrected chi connectivity index (χ2v) is 6.10. The van der Waals surface area contributed by atoms with Crippen LogP contribution in [0.3, 0.4) is 0 Å². The summed E-state index contributed by atoms with van der Waals surface area (Å²) in [5, 5.41) is 5.67. The summed E-state index contributed by atoms with van der Waals surface area (Å²) in [7, 11) is 0. The molecule has 2 aromatic carbocycles. The van der Waals surface area contributed by atoms with E-state index in [4.69, 9.17) is 0 Å². The number of rotatable bonds is 4. The number of benzene rings is 2. The lowest BCUT2D eigenvalue weighted by atomic mass is 10.1. The van der Waals surface area contributed by atoms with Crippen LogP contribution in [0, 0.1) is 26.6 Å². The van der Waals surface area contributed by atoms with Crippen LogP contribution in [0.2, 0.25) is 0 Å². The number of nitrogens with one attached hydrogen (secondary N) is 2. The van der Waals surface area contributed by atoms with Gasteiger partial charge in [-0.2, -0.15) is 0 Å². The van der Waals surface area contributed by atoms with Gasteiger partial charge >= 0.3 is 0 Å². The molecule has 5 nitrogen and oxygen atoms in total. The third-order valence-corrected chi connectivity index (χ3v) is 3.84. The Balaban J connectivity index is 1.85. The summed E-state index contributed by atoms with van der Waals surface area (Å²) in [5.74, 6) is -0.680. The molecule has 0 bridgehead atoms. The Morgan fingerprint density at radius 3 is 2.46 bits per heavy atom. The van der Waals surface area contributed by atoms with Crippen molar-refractivity contribution in [2.45, 2.75) is 20.8 Å². The summed E-state index contributed by atoms with van der Waals surface area (Å²) in [6.07, 6.45) is 0. The van der Waals surface area contributed by atoms with Crippen molar-refractivity contribution in [3.63, 3.8) is 0 Å². The topological polar surface area (TPSA) is 66.9 Å². The molecule has 0 atom stereocenters. The first-order chi connectivity index (χ1) is 12.4. The zero-order valence-corrected chi connectivity index (χ0v) is 14.8. The van der Waals surface area contributed by atoms with E-state index in [0.29, 0.717) is 11.6 Å². The summed E-state index contributed by atoms with van der Waals surface area (Å²) in [6.45, 7) is 5.77. The zero-order chi connectivity index (χ0) is 18.7. The quantitative estimate of drug-likeness (QED) is 0.725. The minimum atomic E-state index is -0.500. The number of aromatic nitrogens is 2. The Hall–Kier alpha value is -3.28. The molecule has 0 unspecified atom stereocenters. The number of hydrogen-bond acceptors (Lipinski definition) is 4. The number of carbonyl (C=O) groups excluding carboxylic acids is 1. The van der Waals surface area contributed by atoms with Gasteiger partial charge in [0.1, 0.15) is 11.5 Å². The highest BCUT2D eigenvalue weighted by Crippen LogP contribution is 2.20. The van der Waals surface area contributed by atoms with Crippen molar-refractivity contribution in [2.75, 3.05) is 10.6 Å². The van der Waals surface area contributed by atoms with E-state index in [1.165, 1.54) is 12.1 Å². The molecule has 0 fully saturated rings. The van der Waals surface area contributed by atoms with Crippen LogP contribution in [0.5, 0.6) is 0 Å². The van der Waals surface area contributed by atoms with Crippen molar-refractivity contribution < 1.29 is 9.18 Å². The highest BCUT2D eigenvalue weighted by Gasteiger charge is 2.13. The number of amides is 1. The molecule has 0 radical (unpaired) electrons. The van der Waals surface area contributed by atoms with Crippen LogP contribution >= 0.6 is 0 Å². The van der Waals surface area contributed by atoms with Gasteiger partial charge in [-0.15, -0.1) is 0 Å². The SMILES string of the molecule is Cc1ccc(Nc2nc(C)cc(C(=O)Nc3ccccc3F)n2)c(C)c1. The van der Waals surface area contributed by atoms with Gasteiger partial charge in [-0.05, 0) is 50.6 Å². The average molecular weight is 350 g/mol. The van der Waals surface area contributed by atoms with Crippen molar-refractivity contribution in [3.05, 3.63) is 76.9 Å². The molecule has 26 heavy (non-hydrogen) atoms. The molecule has 3 aromatic rings. The molecule has 0 saturated heterocycles. The average Bonchev–Trinajstić information content (AvgIpc) is 2.59. The summed E-state index contributed by atoms with van der Waals surface area (Å²) < 4.78 is 13.7. The van der Waals surface area contributed by atoms with E-state index in [0.717, 1.165) is 16.8 Å². The largest absolute Gasteiger partial charge is 0.324 e. The number of aryl methyl sites for hydroxylation is 3. The van der Waals surface area contributed by atoms with E-state index in [2.05, 4.69) is 20.6 Å². The van der Waals surface area contributed by atoms with Gasteiger partial charge in [0, 0.05) is 11.4 Å². The molecule has 1 heterocycles. The minimum Gasteiger partial charge on any atom is -0.324 e. The summed E-state index contributed by atoms with van der Waals surface area (Å²) in [6, 6.07) is 13.5. The summed E-state index contributed by atoms with van der Waals surface area (Å²) in [5.41, 5.74) is 3.97. The molecule has 3 rings (SSSR count). The second kappa shape index (κ2) is 7.31. The van der Waals surface area contributed by atoms with E-state index in [-0.39, 0.29) is 11.4 Å². The summed E-state index contributed by atoms with van der Waals surface area (Å²) in [4.78, 5) is 21.0. The van der Waals surface area contributed by atoms with Crippen LogP contribution in [0.25, 0.3) is 0 Å². The first-order valence-corrected chi connectivity index (χ1v) is 8.18. The molecule has 0 aliphatic rings. The van der Waals surface area contributed by atoms with Gasteiger partial charge in [0.2, 0.25) is 5.95 Å². The van der Waals surface area contributed by atoms with Gasteiger partial charge in [-0.3, -0.25) is 4.79 Å². The smallest absolute Gasteiger partial charge is 0.274 e. The van der Waals surface area contributed by atoms with Crippen LogP contribution in [0.4, 0.5) is 21.7 Å². The normalized spacial score (nSPS) is 10.5. The maximum atomic E-state index is 13.7. The zero-order valence-electron chi connectivity index (χ0n) is 14.8. The standard InChI is InChI=1S/C20H19FN4O/c1-12-8-9-16(13(2)10-12)24-20-22-14(3)11-18(25-20)19(26)23-17-7-5-4-6-15(17)21/h4-11H,1-3H3,(H,23,26)(H,22,24,25). The molecule has 1 aromatic heterocycles. The number of para-hydroxylation sites is 1. The van der Waals surface area contributed by atoms with E-state index in [1.54, 1.807) is 25.1 Å². The monoisotopic (exact) mass is 350 g/mol. The second-order valence-electron chi connectivity index (χ2n) is 6.10. The third-order valence-electron chi connectivity index (χ3n) is 3.84. The lowest BCUT2D eigenvalue weighted by Crippen LogP contribution is -2.16. The van der Waals surface area contributed by atoms with Gasteiger partial charge < -0.3 is 10.6 Å². The van der Waals surface area contributed by atoms with Crippen LogP contribution in [0.1, 0.15) is 27.3 Å². The third kappa shape index (κ3) is 4.03. The Bertz CT molecular complexity index is 972. The predicted octanol–water partition coefficient (Wildman–Crippen LogP) is 4.54. The van der Waals surface area contributed by atoms with Crippen molar-refractivity contribution in [1.29, 1.82) is 0 Å². The molecule has 2 N–H and O–H groups in total. The predicted molar refractivity (Wildman–Crippen MR) is 100 cm³/mol. The number of anilines is 3. The first kappa shape index (κ1) is 17.5. The lowest BCUT2D eigenvalue weighted by molar-refractivity contribution is 0.102. The number of nitrogens with zero attached hydrogens (tertiary/aromatic N) is 2. The fourth-order valence-corrected chi connectivity index (χ4v) is 2.56. The fraction of sp³-hybridized carbons (Fsp3) is 0.150. The maximum Gasteiger partial charge on any atom is 0.274 e. The summed E-state index contributed by atoms with van der Waals surface area (Å²) >= 11 is 0. The van der Waals surface area contributed by atoms with Crippen molar-refractivity contribution in [2.24, 2.45) is 0 Å². The van der Waals surface area contributed by atoms with E-state index in [9.17, 15) is 9.18 Å². The molecular weight excluding hydrogens is 331 g/mol. The molecular formula is C20H19FN4O. The van der Waals surface area contributed by atoms with Gasteiger partial charge in [-0.25, -0.2) is 14.4 Å². The Labute approximate surface area is 151 Å². The van der Waals surface area contributed by atoms with Crippen molar-refractivity contribution in [1.82, 2.24) is 9.97 Å². The van der Waals surface area contributed by atoms with Crippen LogP contribution in [-0.4, -0.2) is 15.9 Å². The van der Waals surface area contributed by atoms with Gasteiger partial charge in [-0.1, -0.05) is 29.8 Å². The van der Waals surface area contributed by atoms with Crippen molar-refractivity contribution in [3.8, 4) is 0 Å². The Morgan fingerprint density at radius 2 is 1.73 bits per heavy atom. The van der Waals surface area contributed by atoms with E-state index >= 15 is 0 Å². The highest BCUT2D eigenvalue weighted by molar-refractivity contribution is 6.03. The minimum absolute atomic E-state index is 0.109. The van der Waals surface area contributed by atoms with Crippen LogP contribution in [-0.2, 0) is 0 Å². The van der Waals surface area contributed by atoms with Gasteiger partial charge in [0.05, 0.1) is 5.69 Å². The number of halogens is 1. The molecule has 6 heteroatoms. The van der Waals surface area contributed by atoms with E-state index < -0.39 is 11.7 Å². The fourth-order valence-electron chi connectivity index (χ4n) is 2.56. The lowest BCUT2D eigenvalue weighted by Gasteiger charge is -2.11. The Morgan fingerprint density at radius 1 is 0.962 bits per heavy atom. The number of carbonyl (C=O) groups is 1. The van der Waals surface area contributed by atoms with Crippen LogP contribution < -0.4 is 10.6 Å². The Kier molecular flexibility index (Phi) is 4.93. The highest BCUT2D eigenvalue weighted by atomic mass is 19.1. The first-order valence-electron chi connectivity index (χ1n) is 8.18. The molecule has 0 saturated carbocycles. The molecule has 0 aliphatic carbocycles. The number of hydrogen-bond donors (Lipinski definition) is 2. The van der Waals surface area contributed by atoms with Crippen LogP contribution in [0.15, 0.2) is 48.5 Å². The van der Waals surface area contributed by atoms with Crippen molar-refractivity contribution >= 4 is 23.2 Å². The molecule has 0 spiro atoms. The van der Waals surface area contributed by atoms with E-state index in [1.807, 2.05) is 32.0 Å². The molecule has 1 amide bonds. The van der Waals surface area contributed by atoms with Gasteiger partial charge in [0.25, 0.3) is 5.91 Å². The van der Waals surface area contributed by atoms with Gasteiger partial charge in [0.15, 0.2) is 0 Å². The molecule has 0 aliphatic heterocycles. The maximum absolute atomic E-state index is 13.7.